The van der Waals surface area contributed by atoms with Gasteiger partial charge < -0.3 is 16.2 Å². The van der Waals surface area contributed by atoms with Crippen molar-refractivity contribution in [3.05, 3.63) is 29.8 Å². The predicted molar refractivity (Wildman–Crippen MR) is 67.6 cm³/mol. The summed E-state index contributed by atoms with van der Waals surface area (Å²) in [5.74, 6) is 0.175. The third kappa shape index (κ3) is 4.44. The molecule has 4 nitrogen and oxygen atoms in total. The zero-order chi connectivity index (χ0) is 12.8. The summed E-state index contributed by atoms with van der Waals surface area (Å²) < 4.78 is 5.53. The van der Waals surface area contributed by atoms with E-state index in [1.165, 1.54) is 0 Å². The molecular formula is C13H20N2O2. The molecule has 0 aliphatic heterocycles. The van der Waals surface area contributed by atoms with E-state index in [4.69, 9.17) is 16.2 Å². The minimum absolute atomic E-state index is 0.156. The van der Waals surface area contributed by atoms with Crippen molar-refractivity contribution in [2.45, 2.75) is 26.4 Å². The van der Waals surface area contributed by atoms with Crippen LogP contribution >= 0.6 is 0 Å². The van der Waals surface area contributed by atoms with Gasteiger partial charge in [-0.05, 0) is 38.0 Å². The molecule has 94 valence electrons. The molecule has 0 spiro atoms. The van der Waals surface area contributed by atoms with Crippen LogP contribution in [0.25, 0.3) is 0 Å². The molecule has 1 atom stereocenters. The van der Waals surface area contributed by atoms with Crippen molar-refractivity contribution in [1.82, 2.24) is 0 Å². The molecule has 1 aromatic rings. The van der Waals surface area contributed by atoms with Gasteiger partial charge in [-0.2, -0.15) is 0 Å². The van der Waals surface area contributed by atoms with Gasteiger partial charge in [-0.3, -0.25) is 4.79 Å². The zero-order valence-corrected chi connectivity index (χ0v) is 10.3. The smallest absolute Gasteiger partial charge is 0.222 e. The topological polar surface area (TPSA) is 78.3 Å². The summed E-state index contributed by atoms with van der Waals surface area (Å²) in [4.78, 5) is 11.1. The van der Waals surface area contributed by atoms with Crippen molar-refractivity contribution < 1.29 is 9.53 Å². The van der Waals surface area contributed by atoms with Crippen molar-refractivity contribution >= 4 is 5.91 Å². The van der Waals surface area contributed by atoms with E-state index in [9.17, 15) is 4.79 Å². The summed E-state index contributed by atoms with van der Waals surface area (Å²) in [7, 11) is 0. The van der Waals surface area contributed by atoms with E-state index in [0.717, 1.165) is 11.3 Å². The summed E-state index contributed by atoms with van der Waals surface area (Å²) in [6.07, 6.45) is 0.733. The summed E-state index contributed by atoms with van der Waals surface area (Å²) >= 11 is 0. The fourth-order valence-electron chi connectivity index (χ4n) is 1.56. The number of primary amides is 1. The minimum Gasteiger partial charge on any atom is -0.491 e. The first-order valence-electron chi connectivity index (χ1n) is 5.78. The first-order chi connectivity index (χ1) is 8.02. The van der Waals surface area contributed by atoms with E-state index in [-0.39, 0.29) is 24.5 Å². The molecule has 0 radical (unpaired) electrons. The van der Waals surface area contributed by atoms with Crippen molar-refractivity contribution in [3.8, 4) is 5.75 Å². The molecule has 0 bridgehead atoms. The Morgan fingerprint density at radius 2 is 1.88 bits per heavy atom. The number of amides is 1. The summed E-state index contributed by atoms with van der Waals surface area (Å²) in [6, 6.07) is 7.65. The van der Waals surface area contributed by atoms with Crippen LogP contribution < -0.4 is 16.2 Å². The highest BCUT2D eigenvalue weighted by Crippen LogP contribution is 2.16. The van der Waals surface area contributed by atoms with Gasteiger partial charge in [0.2, 0.25) is 5.91 Å². The van der Waals surface area contributed by atoms with Crippen molar-refractivity contribution in [1.29, 1.82) is 0 Å². The number of hydrogen-bond acceptors (Lipinski definition) is 3. The Hall–Kier alpha value is -1.55. The lowest BCUT2D eigenvalue weighted by atomic mass is 9.99. The van der Waals surface area contributed by atoms with Gasteiger partial charge in [0.25, 0.3) is 0 Å². The van der Waals surface area contributed by atoms with Gasteiger partial charge in [0.05, 0.1) is 12.0 Å². The average molecular weight is 236 g/mol. The number of benzene rings is 1. The Bertz CT molecular complexity index is 360. The highest BCUT2D eigenvalue weighted by Gasteiger charge is 2.13. The van der Waals surface area contributed by atoms with Crippen LogP contribution in [0.4, 0.5) is 0 Å². The number of carbonyl (C=O) groups is 1. The third-order valence-electron chi connectivity index (χ3n) is 2.46. The van der Waals surface area contributed by atoms with Crippen LogP contribution in [-0.4, -0.2) is 18.6 Å². The Morgan fingerprint density at radius 1 is 1.29 bits per heavy atom. The van der Waals surface area contributed by atoms with Crippen molar-refractivity contribution in [3.63, 3.8) is 0 Å². The van der Waals surface area contributed by atoms with Gasteiger partial charge >= 0.3 is 0 Å². The second kappa shape index (κ2) is 6.25. The molecule has 1 rings (SSSR count). The van der Waals surface area contributed by atoms with Crippen molar-refractivity contribution in [2.24, 2.45) is 17.4 Å². The molecule has 0 saturated heterocycles. The fourth-order valence-corrected chi connectivity index (χ4v) is 1.56. The van der Waals surface area contributed by atoms with E-state index in [2.05, 4.69) is 0 Å². The monoisotopic (exact) mass is 236 g/mol. The maximum atomic E-state index is 11.1. The van der Waals surface area contributed by atoms with E-state index >= 15 is 0 Å². The molecule has 1 unspecified atom stereocenters. The second-order valence-corrected chi connectivity index (χ2v) is 4.35. The third-order valence-corrected chi connectivity index (χ3v) is 2.46. The number of nitrogens with two attached hydrogens (primary N) is 2. The first kappa shape index (κ1) is 13.5. The average Bonchev–Trinajstić information content (AvgIpc) is 2.26. The molecule has 0 aliphatic carbocycles. The summed E-state index contributed by atoms with van der Waals surface area (Å²) in [5, 5.41) is 0. The molecule has 0 heterocycles. The predicted octanol–water partition coefficient (Wildman–Crippen LogP) is 1.08. The minimum atomic E-state index is -0.352. The van der Waals surface area contributed by atoms with Gasteiger partial charge in [0.15, 0.2) is 0 Å². The van der Waals surface area contributed by atoms with Crippen molar-refractivity contribution in [2.75, 3.05) is 6.54 Å². The van der Waals surface area contributed by atoms with Gasteiger partial charge in [0, 0.05) is 6.54 Å². The largest absolute Gasteiger partial charge is 0.491 e. The molecule has 1 amide bonds. The lowest BCUT2D eigenvalue weighted by Crippen LogP contribution is -2.31. The van der Waals surface area contributed by atoms with Gasteiger partial charge in [0.1, 0.15) is 5.75 Å². The Morgan fingerprint density at radius 3 is 2.29 bits per heavy atom. The molecule has 4 heteroatoms. The van der Waals surface area contributed by atoms with Crippen LogP contribution in [0.5, 0.6) is 5.75 Å². The molecule has 0 aromatic heterocycles. The standard InChI is InChI=1S/C13H20N2O2/c1-9(2)17-12-5-3-10(4-6-12)7-11(8-14)13(15)16/h3-6,9,11H,7-8,14H2,1-2H3,(H2,15,16). The molecule has 17 heavy (non-hydrogen) atoms. The Kier molecular flexibility index (Phi) is 4.97. The van der Waals surface area contributed by atoms with Gasteiger partial charge in [-0.15, -0.1) is 0 Å². The van der Waals surface area contributed by atoms with Crippen LogP contribution in [0.15, 0.2) is 24.3 Å². The van der Waals surface area contributed by atoms with Crippen LogP contribution in [0.2, 0.25) is 0 Å². The normalized spacial score (nSPS) is 12.5. The lowest BCUT2D eigenvalue weighted by molar-refractivity contribution is -0.121. The number of rotatable bonds is 6. The van der Waals surface area contributed by atoms with E-state index < -0.39 is 0 Å². The van der Waals surface area contributed by atoms with Gasteiger partial charge in [-0.1, -0.05) is 12.1 Å². The maximum Gasteiger partial charge on any atom is 0.222 e. The second-order valence-electron chi connectivity index (χ2n) is 4.35. The van der Waals surface area contributed by atoms with E-state index in [1.807, 2.05) is 38.1 Å². The van der Waals surface area contributed by atoms with Crippen LogP contribution in [0, 0.1) is 5.92 Å². The highest BCUT2D eigenvalue weighted by atomic mass is 16.5. The molecule has 0 saturated carbocycles. The molecule has 0 aliphatic rings. The van der Waals surface area contributed by atoms with Crippen LogP contribution in [-0.2, 0) is 11.2 Å². The fraction of sp³-hybridized carbons (Fsp3) is 0.462. The Balaban J connectivity index is 2.64. The lowest BCUT2D eigenvalue weighted by Gasteiger charge is -2.12. The number of hydrogen-bond donors (Lipinski definition) is 2. The quantitative estimate of drug-likeness (QED) is 0.775. The van der Waals surface area contributed by atoms with E-state index in [0.29, 0.717) is 6.42 Å². The first-order valence-corrected chi connectivity index (χ1v) is 5.78. The van der Waals surface area contributed by atoms with Crippen LogP contribution in [0.3, 0.4) is 0 Å². The molecule has 4 N–H and O–H groups in total. The molecule has 1 aromatic carbocycles. The van der Waals surface area contributed by atoms with Gasteiger partial charge in [-0.25, -0.2) is 0 Å². The zero-order valence-electron chi connectivity index (χ0n) is 10.3. The Labute approximate surface area is 102 Å². The maximum absolute atomic E-state index is 11.1. The number of ether oxygens (including phenoxy) is 1. The van der Waals surface area contributed by atoms with Crippen LogP contribution in [0.1, 0.15) is 19.4 Å². The highest BCUT2D eigenvalue weighted by molar-refractivity contribution is 5.77. The molecular weight excluding hydrogens is 216 g/mol. The summed E-state index contributed by atoms with van der Waals surface area (Å²) in [5.41, 5.74) is 11.8. The van der Waals surface area contributed by atoms with E-state index in [1.54, 1.807) is 0 Å². The SMILES string of the molecule is CC(C)Oc1ccc(CC(CN)C(N)=O)cc1. The summed E-state index contributed by atoms with van der Waals surface area (Å²) in [6.45, 7) is 4.23. The molecule has 0 fully saturated rings. The number of carbonyl (C=O) groups excluding carboxylic acids is 1.